The van der Waals surface area contributed by atoms with Crippen LogP contribution in [0.3, 0.4) is 0 Å². The molecule has 0 radical (unpaired) electrons. The third kappa shape index (κ3) is 3.34. The van der Waals surface area contributed by atoms with Crippen LogP contribution in [0.1, 0.15) is 18.4 Å². The Labute approximate surface area is 125 Å². The van der Waals surface area contributed by atoms with Gasteiger partial charge in [-0.25, -0.2) is 4.39 Å². The van der Waals surface area contributed by atoms with Crippen LogP contribution in [-0.2, 0) is 4.74 Å². The van der Waals surface area contributed by atoms with Crippen LogP contribution in [0, 0.1) is 5.82 Å². The summed E-state index contributed by atoms with van der Waals surface area (Å²) in [6.45, 7) is 1.38. The Kier molecular flexibility index (Phi) is 4.72. The highest BCUT2D eigenvalue weighted by molar-refractivity contribution is 9.10. The molecule has 1 heterocycles. The van der Waals surface area contributed by atoms with Crippen molar-refractivity contribution in [3.63, 3.8) is 0 Å². The number of hydrogen-bond acceptors (Lipinski definition) is 5. The summed E-state index contributed by atoms with van der Waals surface area (Å²) in [7, 11) is 0. The molecule has 2 rings (SSSR count). The first kappa shape index (κ1) is 14.9. The predicted molar refractivity (Wildman–Crippen MR) is 80.8 cm³/mol. The summed E-state index contributed by atoms with van der Waals surface area (Å²) in [5, 5.41) is 3.29. The van der Waals surface area contributed by atoms with E-state index in [1.165, 1.54) is 6.07 Å². The molecule has 0 aromatic heterocycles. The number of ether oxygens (including phenoxy) is 1. The average molecular weight is 345 g/mol. The molecule has 1 saturated heterocycles. The SMILES string of the molecule is NC(N)=C(NC1CCOCC1)c1cc(Br)c(F)cc1N. The van der Waals surface area contributed by atoms with Gasteiger partial charge in [0.05, 0.1) is 10.2 Å². The van der Waals surface area contributed by atoms with Crippen LogP contribution < -0.4 is 22.5 Å². The Bertz CT molecular complexity index is 525. The fraction of sp³-hybridized carbons (Fsp3) is 0.385. The molecule has 0 unspecified atom stereocenters. The van der Waals surface area contributed by atoms with Crippen molar-refractivity contribution >= 4 is 27.3 Å². The first-order chi connectivity index (χ1) is 9.49. The smallest absolute Gasteiger partial charge is 0.139 e. The predicted octanol–water partition coefficient (Wildman–Crippen LogP) is 1.48. The molecule has 1 aromatic rings. The number of hydrogen-bond donors (Lipinski definition) is 4. The Morgan fingerprint density at radius 1 is 1.30 bits per heavy atom. The van der Waals surface area contributed by atoms with Crippen molar-refractivity contribution in [2.24, 2.45) is 11.5 Å². The first-order valence-corrected chi connectivity index (χ1v) is 7.12. The van der Waals surface area contributed by atoms with Crippen molar-refractivity contribution in [2.45, 2.75) is 18.9 Å². The van der Waals surface area contributed by atoms with Crippen LogP contribution in [0.4, 0.5) is 10.1 Å². The van der Waals surface area contributed by atoms with Crippen LogP contribution in [0.15, 0.2) is 22.4 Å². The zero-order valence-corrected chi connectivity index (χ0v) is 12.5. The Morgan fingerprint density at radius 3 is 2.55 bits per heavy atom. The molecule has 5 nitrogen and oxygen atoms in total. The highest BCUT2D eigenvalue weighted by Crippen LogP contribution is 2.28. The Hall–Kier alpha value is -1.47. The van der Waals surface area contributed by atoms with E-state index in [4.69, 9.17) is 21.9 Å². The largest absolute Gasteiger partial charge is 0.398 e. The van der Waals surface area contributed by atoms with Gasteiger partial charge in [0.2, 0.25) is 0 Å². The highest BCUT2D eigenvalue weighted by atomic mass is 79.9. The van der Waals surface area contributed by atoms with Crippen molar-refractivity contribution in [3.05, 3.63) is 33.8 Å². The van der Waals surface area contributed by atoms with Crippen LogP contribution in [0.2, 0.25) is 0 Å². The van der Waals surface area contributed by atoms with Gasteiger partial charge in [0.1, 0.15) is 11.6 Å². The number of nitrogens with two attached hydrogens (primary N) is 3. The second kappa shape index (κ2) is 6.32. The first-order valence-electron chi connectivity index (χ1n) is 6.33. The van der Waals surface area contributed by atoms with Gasteiger partial charge in [-0.2, -0.15) is 0 Å². The van der Waals surface area contributed by atoms with Crippen molar-refractivity contribution in [3.8, 4) is 0 Å². The van der Waals surface area contributed by atoms with E-state index >= 15 is 0 Å². The molecule has 1 fully saturated rings. The molecule has 0 amide bonds. The minimum Gasteiger partial charge on any atom is -0.398 e. The lowest BCUT2D eigenvalue weighted by Crippen LogP contribution is -2.36. The topological polar surface area (TPSA) is 99.3 Å². The van der Waals surface area contributed by atoms with E-state index < -0.39 is 5.82 Å². The van der Waals surface area contributed by atoms with E-state index in [9.17, 15) is 4.39 Å². The summed E-state index contributed by atoms with van der Waals surface area (Å²) in [6, 6.07) is 3.03. The third-order valence-electron chi connectivity index (χ3n) is 3.22. The number of nitrogens with one attached hydrogen (secondary N) is 1. The maximum Gasteiger partial charge on any atom is 0.139 e. The van der Waals surface area contributed by atoms with Crippen LogP contribution in [0.5, 0.6) is 0 Å². The minimum absolute atomic E-state index is 0.127. The standard InChI is InChI=1S/C13H18BrFN4O/c14-9-5-8(11(16)6-10(9)15)12(13(17)18)19-7-1-3-20-4-2-7/h5-7,19H,1-4,16-18H2. The molecule has 20 heavy (non-hydrogen) atoms. The van der Waals surface area contributed by atoms with Gasteiger partial charge >= 0.3 is 0 Å². The fourth-order valence-corrected chi connectivity index (χ4v) is 2.48. The zero-order chi connectivity index (χ0) is 14.7. The van der Waals surface area contributed by atoms with Gasteiger partial charge in [-0.15, -0.1) is 0 Å². The number of benzene rings is 1. The average Bonchev–Trinajstić information content (AvgIpc) is 2.41. The van der Waals surface area contributed by atoms with E-state index in [2.05, 4.69) is 21.2 Å². The van der Waals surface area contributed by atoms with Crippen molar-refractivity contribution in [1.82, 2.24) is 5.32 Å². The maximum absolute atomic E-state index is 13.4. The summed E-state index contributed by atoms with van der Waals surface area (Å²) in [4.78, 5) is 0. The molecule has 1 aliphatic rings. The van der Waals surface area contributed by atoms with Gasteiger partial charge in [-0.05, 0) is 40.9 Å². The molecule has 7 N–H and O–H groups in total. The molecule has 110 valence electrons. The zero-order valence-electron chi connectivity index (χ0n) is 11.0. The normalized spacial score (nSPS) is 15.9. The third-order valence-corrected chi connectivity index (χ3v) is 3.83. The second-order valence-electron chi connectivity index (χ2n) is 4.71. The lowest BCUT2D eigenvalue weighted by Gasteiger charge is -2.26. The number of halogens is 2. The van der Waals surface area contributed by atoms with Gasteiger partial charge in [0, 0.05) is 30.5 Å². The number of anilines is 1. The van der Waals surface area contributed by atoms with Gasteiger partial charge in [0.15, 0.2) is 0 Å². The van der Waals surface area contributed by atoms with Gasteiger partial charge in [0.25, 0.3) is 0 Å². The van der Waals surface area contributed by atoms with E-state index in [1.54, 1.807) is 6.07 Å². The molecule has 0 atom stereocenters. The van der Waals surface area contributed by atoms with Gasteiger partial charge in [-0.1, -0.05) is 0 Å². The number of nitrogen functional groups attached to an aromatic ring is 1. The molecule has 0 saturated carbocycles. The van der Waals surface area contributed by atoms with Crippen LogP contribution in [-0.4, -0.2) is 19.3 Å². The monoisotopic (exact) mass is 344 g/mol. The van der Waals surface area contributed by atoms with Gasteiger partial charge < -0.3 is 27.3 Å². The molecule has 7 heteroatoms. The Balaban J connectivity index is 2.30. The quantitative estimate of drug-likeness (QED) is 0.622. The van der Waals surface area contributed by atoms with Crippen molar-refractivity contribution < 1.29 is 9.13 Å². The lowest BCUT2D eigenvalue weighted by molar-refractivity contribution is 0.0818. The van der Waals surface area contributed by atoms with Crippen molar-refractivity contribution in [2.75, 3.05) is 18.9 Å². The molecule has 0 bridgehead atoms. The summed E-state index contributed by atoms with van der Waals surface area (Å²) in [5.41, 5.74) is 18.8. The fourth-order valence-electron chi connectivity index (χ4n) is 2.14. The molecular formula is C13H18BrFN4O. The minimum atomic E-state index is -0.424. The van der Waals surface area contributed by atoms with Crippen molar-refractivity contribution in [1.29, 1.82) is 0 Å². The molecule has 1 aromatic carbocycles. The molecular weight excluding hydrogens is 327 g/mol. The van der Waals surface area contributed by atoms with Crippen LogP contribution in [0.25, 0.3) is 5.70 Å². The summed E-state index contributed by atoms with van der Waals surface area (Å²) >= 11 is 3.14. The molecule has 1 aliphatic heterocycles. The number of rotatable bonds is 3. The summed E-state index contributed by atoms with van der Waals surface area (Å²) in [6.07, 6.45) is 1.72. The van der Waals surface area contributed by atoms with Crippen LogP contribution >= 0.6 is 15.9 Å². The highest BCUT2D eigenvalue weighted by Gasteiger charge is 2.19. The molecule has 0 spiro atoms. The molecule has 0 aliphatic carbocycles. The van der Waals surface area contributed by atoms with E-state index in [0.29, 0.717) is 28.9 Å². The van der Waals surface area contributed by atoms with E-state index in [0.717, 1.165) is 12.8 Å². The summed E-state index contributed by atoms with van der Waals surface area (Å²) < 4.78 is 19.1. The van der Waals surface area contributed by atoms with E-state index in [-0.39, 0.29) is 17.6 Å². The van der Waals surface area contributed by atoms with Gasteiger partial charge in [-0.3, -0.25) is 0 Å². The van der Waals surface area contributed by atoms with E-state index in [1.807, 2.05) is 0 Å². The maximum atomic E-state index is 13.4. The summed E-state index contributed by atoms with van der Waals surface area (Å²) in [5.74, 6) is -0.297. The Morgan fingerprint density at radius 2 is 1.95 bits per heavy atom. The second-order valence-corrected chi connectivity index (χ2v) is 5.57. The lowest BCUT2D eigenvalue weighted by atomic mass is 10.1.